The zero-order valence-electron chi connectivity index (χ0n) is 9.21. The standard InChI is InChI=1S/C12H15FO2/c1-4-12(2,3)11(14)15-10-7-5-6-9(13)8-10/h5-8H,4H2,1-3H3. The van der Waals surface area contributed by atoms with E-state index in [1.165, 1.54) is 18.2 Å². The summed E-state index contributed by atoms with van der Waals surface area (Å²) in [5.74, 6) is -0.494. The second kappa shape index (κ2) is 4.43. The van der Waals surface area contributed by atoms with Crippen molar-refractivity contribution in [1.29, 1.82) is 0 Å². The minimum atomic E-state index is -0.535. The van der Waals surface area contributed by atoms with Crippen molar-refractivity contribution in [3.8, 4) is 5.75 Å². The Bertz CT molecular complexity index is 358. The van der Waals surface area contributed by atoms with E-state index < -0.39 is 11.2 Å². The molecule has 0 bridgehead atoms. The molecule has 0 heterocycles. The maximum absolute atomic E-state index is 12.8. The maximum Gasteiger partial charge on any atom is 0.316 e. The van der Waals surface area contributed by atoms with E-state index in [4.69, 9.17) is 4.74 Å². The Morgan fingerprint density at radius 3 is 2.67 bits per heavy atom. The summed E-state index contributed by atoms with van der Waals surface area (Å²) in [6.07, 6.45) is 0.682. The summed E-state index contributed by atoms with van der Waals surface area (Å²) < 4.78 is 17.9. The lowest BCUT2D eigenvalue weighted by molar-refractivity contribution is -0.144. The van der Waals surface area contributed by atoms with Crippen LogP contribution in [-0.2, 0) is 4.79 Å². The Balaban J connectivity index is 2.75. The van der Waals surface area contributed by atoms with Crippen molar-refractivity contribution in [2.45, 2.75) is 27.2 Å². The van der Waals surface area contributed by atoms with Crippen molar-refractivity contribution in [2.75, 3.05) is 0 Å². The highest BCUT2D eigenvalue weighted by atomic mass is 19.1. The Kier molecular flexibility index (Phi) is 3.45. The van der Waals surface area contributed by atoms with Crippen LogP contribution >= 0.6 is 0 Å². The number of ether oxygens (including phenoxy) is 1. The summed E-state index contributed by atoms with van der Waals surface area (Å²) in [5.41, 5.74) is -0.535. The quantitative estimate of drug-likeness (QED) is 0.565. The van der Waals surface area contributed by atoms with E-state index in [9.17, 15) is 9.18 Å². The number of rotatable bonds is 3. The van der Waals surface area contributed by atoms with E-state index in [1.54, 1.807) is 19.9 Å². The molecule has 15 heavy (non-hydrogen) atoms. The highest BCUT2D eigenvalue weighted by Crippen LogP contribution is 2.23. The van der Waals surface area contributed by atoms with Crippen LogP contribution in [-0.4, -0.2) is 5.97 Å². The molecule has 1 aromatic rings. The van der Waals surface area contributed by atoms with Crippen LogP contribution in [0.15, 0.2) is 24.3 Å². The van der Waals surface area contributed by atoms with Gasteiger partial charge in [-0.2, -0.15) is 0 Å². The average molecular weight is 210 g/mol. The lowest BCUT2D eigenvalue weighted by Crippen LogP contribution is -2.28. The molecule has 0 saturated heterocycles. The van der Waals surface area contributed by atoms with Crippen molar-refractivity contribution < 1.29 is 13.9 Å². The molecular formula is C12H15FO2. The molecule has 0 fully saturated rings. The molecule has 1 aromatic carbocycles. The molecule has 0 amide bonds. The predicted octanol–water partition coefficient (Wildman–Crippen LogP) is 3.17. The topological polar surface area (TPSA) is 26.3 Å². The maximum atomic E-state index is 12.8. The predicted molar refractivity (Wildman–Crippen MR) is 56.1 cm³/mol. The van der Waals surface area contributed by atoms with E-state index in [2.05, 4.69) is 0 Å². The first-order valence-corrected chi connectivity index (χ1v) is 4.93. The Hall–Kier alpha value is -1.38. The molecule has 0 aliphatic carbocycles. The number of halogens is 1. The minimum absolute atomic E-state index is 0.251. The molecule has 82 valence electrons. The monoisotopic (exact) mass is 210 g/mol. The second-order valence-electron chi connectivity index (χ2n) is 4.08. The normalized spacial score (nSPS) is 11.2. The van der Waals surface area contributed by atoms with Crippen LogP contribution in [0.1, 0.15) is 27.2 Å². The molecular weight excluding hydrogens is 195 g/mol. The lowest BCUT2D eigenvalue weighted by Gasteiger charge is -2.19. The van der Waals surface area contributed by atoms with Gasteiger partial charge in [-0.25, -0.2) is 4.39 Å². The largest absolute Gasteiger partial charge is 0.426 e. The van der Waals surface area contributed by atoms with Crippen molar-refractivity contribution in [3.63, 3.8) is 0 Å². The molecule has 0 saturated carbocycles. The van der Waals surface area contributed by atoms with Gasteiger partial charge in [-0.15, -0.1) is 0 Å². The number of carbonyl (C=O) groups is 1. The van der Waals surface area contributed by atoms with Gasteiger partial charge in [0.05, 0.1) is 5.41 Å². The summed E-state index contributed by atoms with van der Waals surface area (Å²) in [4.78, 5) is 11.6. The molecule has 0 N–H and O–H groups in total. The fourth-order valence-electron chi connectivity index (χ4n) is 0.920. The minimum Gasteiger partial charge on any atom is -0.426 e. The van der Waals surface area contributed by atoms with Crippen LogP contribution in [0.4, 0.5) is 4.39 Å². The SMILES string of the molecule is CCC(C)(C)C(=O)Oc1cccc(F)c1. The summed E-state index contributed by atoms with van der Waals surface area (Å²) in [6, 6.07) is 5.58. The molecule has 0 aliphatic rings. The Morgan fingerprint density at radius 2 is 2.13 bits per heavy atom. The molecule has 0 spiro atoms. The zero-order valence-corrected chi connectivity index (χ0v) is 9.21. The van der Waals surface area contributed by atoms with Gasteiger partial charge in [0.15, 0.2) is 0 Å². The number of hydrogen-bond acceptors (Lipinski definition) is 2. The van der Waals surface area contributed by atoms with Crippen molar-refractivity contribution in [2.24, 2.45) is 5.41 Å². The highest BCUT2D eigenvalue weighted by Gasteiger charge is 2.27. The van der Waals surface area contributed by atoms with Gasteiger partial charge >= 0.3 is 5.97 Å². The van der Waals surface area contributed by atoms with Gasteiger partial charge in [-0.05, 0) is 32.4 Å². The summed E-state index contributed by atoms with van der Waals surface area (Å²) in [5, 5.41) is 0. The second-order valence-corrected chi connectivity index (χ2v) is 4.08. The smallest absolute Gasteiger partial charge is 0.316 e. The first kappa shape index (κ1) is 11.7. The van der Waals surface area contributed by atoms with Crippen LogP contribution in [0.2, 0.25) is 0 Å². The van der Waals surface area contributed by atoms with Gasteiger partial charge in [0.25, 0.3) is 0 Å². The third-order valence-corrected chi connectivity index (χ3v) is 2.44. The fourth-order valence-corrected chi connectivity index (χ4v) is 0.920. The van der Waals surface area contributed by atoms with E-state index in [0.29, 0.717) is 6.42 Å². The van der Waals surface area contributed by atoms with Gasteiger partial charge < -0.3 is 4.74 Å². The molecule has 0 atom stereocenters. The molecule has 0 aromatic heterocycles. The summed E-state index contributed by atoms with van der Waals surface area (Å²) in [7, 11) is 0. The number of hydrogen-bond donors (Lipinski definition) is 0. The van der Waals surface area contributed by atoms with Crippen LogP contribution < -0.4 is 4.74 Å². The van der Waals surface area contributed by atoms with Crippen LogP contribution in [0.3, 0.4) is 0 Å². The van der Waals surface area contributed by atoms with Crippen LogP contribution in [0, 0.1) is 11.2 Å². The van der Waals surface area contributed by atoms with Crippen molar-refractivity contribution in [3.05, 3.63) is 30.1 Å². The lowest BCUT2D eigenvalue weighted by atomic mass is 9.91. The Morgan fingerprint density at radius 1 is 1.47 bits per heavy atom. The number of carbonyl (C=O) groups excluding carboxylic acids is 1. The van der Waals surface area contributed by atoms with Crippen molar-refractivity contribution in [1.82, 2.24) is 0 Å². The van der Waals surface area contributed by atoms with Gasteiger partial charge in [0.2, 0.25) is 0 Å². The highest BCUT2D eigenvalue weighted by molar-refractivity contribution is 5.78. The van der Waals surface area contributed by atoms with E-state index in [1.807, 2.05) is 6.92 Å². The van der Waals surface area contributed by atoms with E-state index >= 15 is 0 Å². The van der Waals surface area contributed by atoms with Gasteiger partial charge in [0, 0.05) is 6.07 Å². The third kappa shape index (κ3) is 3.05. The van der Waals surface area contributed by atoms with Gasteiger partial charge in [-0.3, -0.25) is 4.79 Å². The fraction of sp³-hybridized carbons (Fsp3) is 0.417. The van der Waals surface area contributed by atoms with E-state index in [-0.39, 0.29) is 11.7 Å². The van der Waals surface area contributed by atoms with Crippen LogP contribution in [0.25, 0.3) is 0 Å². The Labute approximate surface area is 89.1 Å². The molecule has 0 aliphatic heterocycles. The summed E-state index contributed by atoms with van der Waals surface area (Å²) >= 11 is 0. The molecule has 0 radical (unpaired) electrons. The first-order valence-electron chi connectivity index (χ1n) is 4.93. The molecule has 0 unspecified atom stereocenters. The van der Waals surface area contributed by atoms with Crippen molar-refractivity contribution >= 4 is 5.97 Å². The first-order chi connectivity index (χ1) is 6.95. The van der Waals surface area contributed by atoms with Gasteiger partial charge in [-0.1, -0.05) is 13.0 Å². The number of benzene rings is 1. The zero-order chi connectivity index (χ0) is 11.5. The van der Waals surface area contributed by atoms with Gasteiger partial charge in [0.1, 0.15) is 11.6 Å². The van der Waals surface area contributed by atoms with Crippen LogP contribution in [0.5, 0.6) is 5.75 Å². The average Bonchev–Trinajstić information content (AvgIpc) is 2.17. The molecule has 2 nitrogen and oxygen atoms in total. The third-order valence-electron chi connectivity index (χ3n) is 2.44. The molecule has 3 heteroatoms. The summed E-state index contributed by atoms with van der Waals surface area (Å²) in [6.45, 7) is 5.51. The molecule has 1 rings (SSSR count). The van der Waals surface area contributed by atoms with E-state index in [0.717, 1.165) is 0 Å². The number of esters is 1.